The Labute approximate surface area is 749 Å². The van der Waals surface area contributed by atoms with Crippen LogP contribution >= 0.6 is 0 Å². The van der Waals surface area contributed by atoms with Crippen LogP contribution in [0.1, 0.15) is 561 Å². The molecule has 0 amide bonds. The van der Waals surface area contributed by atoms with Crippen molar-refractivity contribution < 1.29 is 43.9 Å². The van der Waals surface area contributed by atoms with Crippen molar-refractivity contribution in [3.63, 3.8) is 0 Å². The molecule has 0 bridgehead atoms. The van der Waals surface area contributed by atoms with Crippen LogP contribution in [-0.4, -0.2) is 46.9 Å². The number of unbranched alkanes of at least 4 members (excludes halogenated alkanes) is 36. The number of hydrogen-bond acceptors (Lipinski definition) is 12. The molecular formula is C108H183N3O12. The number of hydrogen-bond donors (Lipinski definition) is 3. The van der Waals surface area contributed by atoms with E-state index in [0.29, 0.717) is 30.4 Å². The molecule has 702 valence electrons. The van der Waals surface area contributed by atoms with E-state index in [1.54, 1.807) is 20.8 Å². The number of aromatic nitrogens is 3. The van der Waals surface area contributed by atoms with Crippen molar-refractivity contribution in [2.45, 2.75) is 543 Å². The SMILES string of the molecule is CCCCCCCCCC(C)(C)c1cc(C(C)C(=O)OC(C)n2c(=O)n(C(C)OC(=O)C(C)c3cc(C(C)(C)CCCCCCCCC)c(O)c(C(C)(C)CCCCCCCCC)c3)c(=O)n(C(C)OC(=O)C(C)c3cc(C(C)(C)CCCCCCCCC)c(O)c(C(C)(C)CCCCCCCCC)c3)c2=O)cc(C(C)(C)CCCCCCCCC)c1O. The first kappa shape index (κ1) is 109. The first-order chi connectivity index (χ1) is 58.1. The van der Waals surface area contributed by atoms with Gasteiger partial charge in [-0.3, -0.25) is 14.4 Å². The van der Waals surface area contributed by atoms with Gasteiger partial charge in [-0.15, -0.1) is 0 Å². The van der Waals surface area contributed by atoms with Crippen molar-refractivity contribution in [3.8, 4) is 17.2 Å². The average Bonchev–Trinajstić information content (AvgIpc) is 0.749. The monoisotopic (exact) mass is 1710 g/mol. The summed E-state index contributed by atoms with van der Waals surface area (Å²) in [4.78, 5) is 92.9. The average molecular weight is 1720 g/mol. The van der Waals surface area contributed by atoms with Gasteiger partial charge < -0.3 is 29.5 Å². The van der Waals surface area contributed by atoms with Crippen molar-refractivity contribution in [1.82, 2.24) is 13.7 Å². The fraction of sp³-hybridized carbons (Fsp3) is 0.778. The third-order valence-electron chi connectivity index (χ3n) is 28.0. The molecule has 3 N–H and O–H groups in total. The van der Waals surface area contributed by atoms with Gasteiger partial charge in [0.15, 0.2) is 18.7 Å². The molecule has 6 unspecified atom stereocenters. The highest BCUT2D eigenvalue weighted by Crippen LogP contribution is 2.49. The maximum Gasteiger partial charge on any atom is 0.342 e. The van der Waals surface area contributed by atoms with Crippen LogP contribution in [0.2, 0.25) is 0 Å². The number of phenolic OH excluding ortho intramolecular Hbond substituents is 3. The van der Waals surface area contributed by atoms with Crippen LogP contribution in [0, 0.1) is 0 Å². The van der Waals surface area contributed by atoms with Gasteiger partial charge in [0.2, 0.25) is 0 Å². The molecule has 0 saturated carbocycles. The van der Waals surface area contributed by atoms with Gasteiger partial charge in [-0.05, 0) is 129 Å². The van der Waals surface area contributed by atoms with Crippen LogP contribution in [0.4, 0.5) is 0 Å². The van der Waals surface area contributed by atoms with Crippen LogP contribution < -0.4 is 17.1 Å². The zero-order chi connectivity index (χ0) is 91.9. The van der Waals surface area contributed by atoms with E-state index in [2.05, 4.69) is 125 Å². The molecule has 4 aromatic rings. The zero-order valence-electron chi connectivity index (χ0n) is 83.2. The summed E-state index contributed by atoms with van der Waals surface area (Å²) in [5.41, 5.74) is -0.541. The Morgan fingerprint density at radius 3 is 0.520 bits per heavy atom. The second-order valence-electron chi connectivity index (χ2n) is 41.7. The van der Waals surface area contributed by atoms with Crippen LogP contribution in [0.5, 0.6) is 17.2 Å². The lowest BCUT2D eigenvalue weighted by Crippen LogP contribution is -2.57. The highest BCUT2D eigenvalue weighted by Gasteiger charge is 2.39. The Hall–Kier alpha value is -6.12. The van der Waals surface area contributed by atoms with E-state index >= 15 is 28.8 Å². The minimum absolute atomic E-state index is 0.221. The van der Waals surface area contributed by atoms with Crippen molar-refractivity contribution in [3.05, 3.63) is 118 Å². The lowest BCUT2D eigenvalue weighted by molar-refractivity contribution is -0.156. The van der Waals surface area contributed by atoms with E-state index in [9.17, 15) is 15.3 Å². The van der Waals surface area contributed by atoms with E-state index < -0.39 is 104 Å². The summed E-state index contributed by atoms with van der Waals surface area (Å²) in [6.07, 6.45) is 47.5. The Bertz CT molecular complexity index is 3370. The van der Waals surface area contributed by atoms with Crippen molar-refractivity contribution in [1.29, 1.82) is 0 Å². The number of aromatic hydroxyl groups is 3. The van der Waals surface area contributed by atoms with E-state index in [-0.39, 0.29) is 17.2 Å². The molecule has 1 heterocycles. The number of carbonyl (C=O) groups is 3. The second-order valence-corrected chi connectivity index (χ2v) is 41.7. The Balaban J connectivity index is 1.98. The van der Waals surface area contributed by atoms with Crippen LogP contribution in [0.15, 0.2) is 50.8 Å². The van der Waals surface area contributed by atoms with Crippen molar-refractivity contribution in [2.24, 2.45) is 0 Å². The maximum absolute atomic E-state index is 15.7. The van der Waals surface area contributed by atoms with Crippen LogP contribution in [-0.2, 0) is 61.1 Å². The first-order valence-corrected chi connectivity index (χ1v) is 50.4. The van der Waals surface area contributed by atoms with E-state index in [0.717, 1.165) is 187 Å². The quantitative estimate of drug-likeness (QED) is 0.0214. The minimum atomic E-state index is -1.70. The molecule has 15 heteroatoms. The molecule has 0 spiro atoms. The number of nitrogens with zero attached hydrogens (tertiary/aromatic N) is 3. The topological polar surface area (TPSA) is 206 Å². The predicted octanol–water partition coefficient (Wildman–Crippen LogP) is 30.4. The predicted molar refractivity (Wildman–Crippen MR) is 515 cm³/mol. The van der Waals surface area contributed by atoms with E-state index in [1.165, 1.54) is 175 Å². The highest BCUT2D eigenvalue weighted by molar-refractivity contribution is 5.80. The van der Waals surface area contributed by atoms with Crippen LogP contribution in [0.3, 0.4) is 0 Å². The summed E-state index contributed by atoms with van der Waals surface area (Å²) in [6.45, 7) is 48.5. The molecule has 0 saturated heterocycles. The number of phenols is 3. The molecule has 15 nitrogen and oxygen atoms in total. The van der Waals surface area contributed by atoms with Gasteiger partial charge >= 0.3 is 35.0 Å². The largest absolute Gasteiger partial charge is 0.507 e. The van der Waals surface area contributed by atoms with Gasteiger partial charge in [-0.2, -0.15) is 0 Å². The molecule has 0 radical (unpaired) electrons. The van der Waals surface area contributed by atoms with Gasteiger partial charge in [-0.1, -0.05) is 431 Å². The fourth-order valence-corrected chi connectivity index (χ4v) is 18.7. The number of esters is 3. The maximum atomic E-state index is 15.7. The first-order valence-electron chi connectivity index (χ1n) is 50.4. The number of benzene rings is 3. The van der Waals surface area contributed by atoms with Gasteiger partial charge in [0.1, 0.15) is 17.2 Å². The Morgan fingerprint density at radius 2 is 0.382 bits per heavy atom. The summed E-state index contributed by atoms with van der Waals surface area (Å²) >= 11 is 0. The molecular weight excluding hydrogens is 1530 g/mol. The lowest BCUT2D eigenvalue weighted by atomic mass is 9.72. The number of ether oxygens (including phenoxy) is 3. The number of rotatable bonds is 66. The molecule has 0 aliphatic carbocycles. The lowest BCUT2D eigenvalue weighted by Gasteiger charge is -2.33. The molecule has 0 aliphatic heterocycles. The smallest absolute Gasteiger partial charge is 0.342 e. The van der Waals surface area contributed by atoms with Gasteiger partial charge in [0.25, 0.3) is 0 Å². The second kappa shape index (κ2) is 54.3. The third kappa shape index (κ3) is 34.1. The molecule has 0 aliphatic rings. The number of carbonyl (C=O) groups excluding carboxylic acids is 3. The van der Waals surface area contributed by atoms with Crippen molar-refractivity contribution >= 4 is 17.9 Å². The third-order valence-corrected chi connectivity index (χ3v) is 28.0. The Kier molecular flexibility index (Phi) is 48.2. The molecule has 0 fully saturated rings. The standard InChI is InChI=1S/C108H183N3O12/c1-25-31-37-43-49-55-61-67-103(13,14)88-73-85(74-89(94(88)112)104(15,16)68-62-56-50-44-38-32-26-2)79(7)97(115)121-82(10)109-100(118)110(83(11)122-98(116)80(8)86-75-90(105(17,18)69-63-57-51-45-39-33-27-3)95(113)91(76-86)106(19,20)70-64-58-52-46-40-34-28-4)102(120)111(101(109)119)84(12)123-99(117)81(9)87-77-92(107(21,22)71-65-59-53-47-41-35-29-5)96(114)93(78-87)108(23,24)72-66-60-54-48-42-36-30-6/h73-84,112-114H,25-72H2,1-24H3. The van der Waals surface area contributed by atoms with Crippen LogP contribution in [0.25, 0.3) is 0 Å². The van der Waals surface area contributed by atoms with Gasteiger partial charge in [0, 0.05) is 33.4 Å². The molecule has 3 aromatic carbocycles. The van der Waals surface area contributed by atoms with Crippen molar-refractivity contribution in [2.75, 3.05) is 0 Å². The summed E-state index contributed by atoms with van der Waals surface area (Å²) in [6, 6.07) is 11.5. The van der Waals surface area contributed by atoms with E-state index in [4.69, 9.17) is 14.2 Å². The molecule has 4 rings (SSSR count). The highest BCUT2D eigenvalue weighted by atomic mass is 16.6. The summed E-state index contributed by atoms with van der Waals surface area (Å²) in [5, 5.41) is 37.9. The summed E-state index contributed by atoms with van der Waals surface area (Å²) < 4.78 is 21.0. The fourth-order valence-electron chi connectivity index (χ4n) is 18.7. The zero-order valence-corrected chi connectivity index (χ0v) is 83.2. The normalized spacial score (nSPS) is 14.0. The van der Waals surface area contributed by atoms with E-state index in [1.807, 2.05) is 36.4 Å². The summed E-state index contributed by atoms with van der Waals surface area (Å²) in [7, 11) is 0. The molecule has 6 atom stereocenters. The molecule has 123 heavy (non-hydrogen) atoms. The summed E-state index contributed by atoms with van der Waals surface area (Å²) in [5.74, 6) is -4.71. The van der Waals surface area contributed by atoms with Gasteiger partial charge in [0.05, 0.1) is 17.8 Å². The van der Waals surface area contributed by atoms with Gasteiger partial charge in [-0.25, -0.2) is 28.1 Å². The minimum Gasteiger partial charge on any atom is -0.507 e. The Morgan fingerprint density at radius 1 is 0.252 bits per heavy atom. The molecule has 1 aromatic heterocycles.